The minimum Gasteiger partial charge on any atom is -0.353 e. The fourth-order valence-electron chi connectivity index (χ4n) is 3.09. The quantitative estimate of drug-likeness (QED) is 0.833. The van der Waals surface area contributed by atoms with Crippen LogP contribution in [0.15, 0.2) is 30.3 Å². The van der Waals surface area contributed by atoms with Gasteiger partial charge in [0.2, 0.25) is 11.8 Å². The average Bonchev–Trinajstić information content (AvgIpc) is 2.57. The van der Waals surface area contributed by atoms with Crippen molar-refractivity contribution in [3.05, 3.63) is 35.9 Å². The molecule has 0 radical (unpaired) electrons. The van der Waals surface area contributed by atoms with Gasteiger partial charge in [0.05, 0.1) is 13.1 Å². The normalized spacial score (nSPS) is 20.3. The van der Waals surface area contributed by atoms with Gasteiger partial charge in [-0.1, -0.05) is 30.3 Å². The van der Waals surface area contributed by atoms with Gasteiger partial charge in [-0.2, -0.15) is 0 Å². The molecule has 0 spiro atoms. The summed E-state index contributed by atoms with van der Waals surface area (Å²) in [5.74, 6) is 0.00800. The Morgan fingerprint density at radius 1 is 1.00 bits per heavy atom. The van der Waals surface area contributed by atoms with Gasteiger partial charge in [0.15, 0.2) is 0 Å². The predicted molar refractivity (Wildman–Crippen MR) is 87.7 cm³/mol. The van der Waals surface area contributed by atoms with Crippen molar-refractivity contribution in [3.8, 4) is 0 Å². The lowest BCUT2D eigenvalue weighted by Crippen LogP contribution is -2.54. The first-order chi connectivity index (χ1) is 11.2. The number of benzene rings is 1. The monoisotopic (exact) mass is 316 g/mol. The van der Waals surface area contributed by atoms with Crippen molar-refractivity contribution in [2.45, 2.75) is 6.54 Å². The number of piperazine rings is 2. The van der Waals surface area contributed by atoms with Crippen LogP contribution < -0.4 is 5.32 Å². The molecular weight excluding hydrogens is 292 g/mol. The summed E-state index contributed by atoms with van der Waals surface area (Å²) in [5, 5.41) is 2.75. The first-order valence-corrected chi connectivity index (χ1v) is 8.24. The summed E-state index contributed by atoms with van der Waals surface area (Å²) < 4.78 is 0. The summed E-state index contributed by atoms with van der Waals surface area (Å²) in [4.78, 5) is 29.9. The van der Waals surface area contributed by atoms with Crippen molar-refractivity contribution in [3.63, 3.8) is 0 Å². The smallest absolute Gasteiger partial charge is 0.239 e. The molecule has 0 aromatic heterocycles. The molecule has 1 aromatic rings. The second kappa shape index (κ2) is 7.57. The molecule has 2 aliphatic rings. The molecule has 23 heavy (non-hydrogen) atoms. The highest BCUT2D eigenvalue weighted by Crippen LogP contribution is 2.08. The van der Waals surface area contributed by atoms with Crippen LogP contribution in [0.3, 0.4) is 0 Å². The number of carbonyl (C=O) groups excluding carboxylic acids is 2. The molecule has 2 fully saturated rings. The Morgan fingerprint density at radius 2 is 1.70 bits per heavy atom. The van der Waals surface area contributed by atoms with E-state index < -0.39 is 0 Å². The Morgan fingerprint density at radius 3 is 2.39 bits per heavy atom. The molecule has 0 atom stereocenters. The fourth-order valence-corrected chi connectivity index (χ4v) is 3.09. The van der Waals surface area contributed by atoms with Crippen LogP contribution in [0, 0.1) is 0 Å². The zero-order chi connectivity index (χ0) is 16.1. The third-order valence-corrected chi connectivity index (χ3v) is 4.46. The van der Waals surface area contributed by atoms with E-state index in [0.29, 0.717) is 19.6 Å². The Hall–Kier alpha value is -1.92. The highest BCUT2D eigenvalue weighted by atomic mass is 16.2. The van der Waals surface area contributed by atoms with E-state index in [9.17, 15) is 9.59 Å². The molecular formula is C17H24N4O2. The highest BCUT2D eigenvalue weighted by Gasteiger charge is 2.24. The van der Waals surface area contributed by atoms with E-state index in [1.165, 1.54) is 5.56 Å². The molecule has 0 unspecified atom stereocenters. The maximum Gasteiger partial charge on any atom is 0.239 e. The lowest BCUT2D eigenvalue weighted by molar-refractivity contribution is -0.139. The second-order valence-corrected chi connectivity index (χ2v) is 6.20. The van der Waals surface area contributed by atoms with E-state index in [2.05, 4.69) is 39.4 Å². The van der Waals surface area contributed by atoms with Gasteiger partial charge in [-0.05, 0) is 5.56 Å². The predicted octanol–water partition coefficient (Wildman–Crippen LogP) is -0.237. The first kappa shape index (κ1) is 16.0. The molecule has 2 amide bonds. The third kappa shape index (κ3) is 4.53. The van der Waals surface area contributed by atoms with Gasteiger partial charge >= 0.3 is 0 Å². The minimum absolute atomic E-state index is 0.0581. The van der Waals surface area contributed by atoms with Gasteiger partial charge < -0.3 is 10.2 Å². The van der Waals surface area contributed by atoms with Crippen LogP contribution in [0.5, 0.6) is 0 Å². The first-order valence-electron chi connectivity index (χ1n) is 8.24. The van der Waals surface area contributed by atoms with Crippen LogP contribution in [0.25, 0.3) is 0 Å². The largest absolute Gasteiger partial charge is 0.353 e. The molecule has 124 valence electrons. The summed E-state index contributed by atoms with van der Waals surface area (Å²) in [6.07, 6.45) is 0. The molecule has 0 aliphatic carbocycles. The van der Waals surface area contributed by atoms with Gasteiger partial charge in [0.25, 0.3) is 0 Å². The third-order valence-electron chi connectivity index (χ3n) is 4.46. The Balaban J connectivity index is 1.42. The molecule has 2 aliphatic heterocycles. The van der Waals surface area contributed by atoms with Crippen LogP contribution in [0.4, 0.5) is 0 Å². The van der Waals surface area contributed by atoms with E-state index in [1.807, 2.05) is 6.07 Å². The summed E-state index contributed by atoms with van der Waals surface area (Å²) >= 11 is 0. The van der Waals surface area contributed by atoms with Gasteiger partial charge in [-0.15, -0.1) is 0 Å². The van der Waals surface area contributed by atoms with Crippen LogP contribution in [-0.4, -0.2) is 78.9 Å². The Labute approximate surface area is 137 Å². The Kier molecular flexibility index (Phi) is 5.25. The molecule has 0 saturated carbocycles. The van der Waals surface area contributed by atoms with E-state index in [1.54, 1.807) is 4.90 Å². The van der Waals surface area contributed by atoms with Crippen LogP contribution in [0.2, 0.25) is 0 Å². The summed E-state index contributed by atoms with van der Waals surface area (Å²) in [5.41, 5.74) is 1.33. The molecule has 6 heteroatoms. The lowest BCUT2D eigenvalue weighted by Gasteiger charge is -2.36. The number of hydrogen-bond acceptors (Lipinski definition) is 4. The van der Waals surface area contributed by atoms with Crippen molar-refractivity contribution >= 4 is 11.8 Å². The van der Waals surface area contributed by atoms with Crippen molar-refractivity contribution in [2.75, 3.05) is 52.4 Å². The maximum atomic E-state index is 12.3. The van der Waals surface area contributed by atoms with Crippen molar-refractivity contribution < 1.29 is 9.59 Å². The number of nitrogens with one attached hydrogen (secondary N) is 1. The van der Waals surface area contributed by atoms with Crippen LogP contribution >= 0.6 is 0 Å². The van der Waals surface area contributed by atoms with Crippen molar-refractivity contribution in [1.29, 1.82) is 0 Å². The van der Waals surface area contributed by atoms with Gasteiger partial charge in [0, 0.05) is 45.8 Å². The zero-order valence-electron chi connectivity index (χ0n) is 13.4. The highest BCUT2D eigenvalue weighted by molar-refractivity contribution is 5.86. The topological polar surface area (TPSA) is 55.9 Å². The second-order valence-electron chi connectivity index (χ2n) is 6.20. The summed E-state index contributed by atoms with van der Waals surface area (Å²) in [7, 11) is 0. The van der Waals surface area contributed by atoms with E-state index in [-0.39, 0.29) is 18.4 Å². The van der Waals surface area contributed by atoms with Crippen molar-refractivity contribution in [2.24, 2.45) is 0 Å². The fraction of sp³-hybridized carbons (Fsp3) is 0.529. The summed E-state index contributed by atoms with van der Waals surface area (Å²) in [6, 6.07) is 10.5. The molecule has 2 heterocycles. The van der Waals surface area contributed by atoms with Gasteiger partial charge in [-0.25, -0.2) is 0 Å². The van der Waals surface area contributed by atoms with Crippen LogP contribution in [-0.2, 0) is 16.1 Å². The molecule has 2 saturated heterocycles. The molecule has 3 rings (SSSR count). The number of rotatable bonds is 4. The maximum absolute atomic E-state index is 12.3. The number of nitrogens with zero attached hydrogens (tertiary/aromatic N) is 3. The average molecular weight is 316 g/mol. The minimum atomic E-state index is -0.0581. The van der Waals surface area contributed by atoms with Gasteiger partial charge in [-0.3, -0.25) is 19.4 Å². The molecule has 1 aromatic carbocycles. The van der Waals surface area contributed by atoms with E-state index in [0.717, 1.165) is 32.7 Å². The number of carbonyl (C=O) groups is 2. The number of amides is 2. The molecule has 6 nitrogen and oxygen atoms in total. The van der Waals surface area contributed by atoms with Gasteiger partial charge in [0.1, 0.15) is 0 Å². The molecule has 0 bridgehead atoms. The summed E-state index contributed by atoms with van der Waals surface area (Å²) in [6.45, 7) is 6.53. The molecule has 1 N–H and O–H groups in total. The zero-order valence-corrected chi connectivity index (χ0v) is 13.4. The van der Waals surface area contributed by atoms with E-state index >= 15 is 0 Å². The SMILES string of the molecule is O=C1CN(C(=O)CN2CCN(Cc3ccccc3)CC2)CCN1. The van der Waals surface area contributed by atoms with Crippen molar-refractivity contribution in [1.82, 2.24) is 20.0 Å². The lowest BCUT2D eigenvalue weighted by atomic mass is 10.2. The van der Waals surface area contributed by atoms with Crippen LogP contribution in [0.1, 0.15) is 5.56 Å². The standard InChI is InChI=1S/C17H24N4O2/c22-16-13-21(7-6-18-16)17(23)14-20-10-8-19(9-11-20)12-15-4-2-1-3-5-15/h1-5H,6-14H2,(H,18,22). The Bertz CT molecular complexity index is 541. The van der Waals surface area contributed by atoms with E-state index in [4.69, 9.17) is 0 Å². The number of hydrogen-bond donors (Lipinski definition) is 1.